The lowest BCUT2D eigenvalue weighted by atomic mass is 10.1. The highest BCUT2D eigenvalue weighted by atomic mass is 16.1. The Bertz CT molecular complexity index is 1050. The molecule has 8 heteroatoms. The number of carbonyl (C=O) groups is 1. The third-order valence-corrected chi connectivity index (χ3v) is 3.87. The van der Waals surface area contributed by atoms with E-state index in [1.165, 1.54) is 0 Å². The van der Waals surface area contributed by atoms with Crippen LogP contribution >= 0.6 is 0 Å². The molecule has 0 aliphatic carbocycles. The van der Waals surface area contributed by atoms with Crippen molar-refractivity contribution in [2.45, 2.75) is 6.54 Å². The molecule has 0 saturated carbocycles. The van der Waals surface area contributed by atoms with Gasteiger partial charge >= 0.3 is 0 Å². The van der Waals surface area contributed by atoms with Crippen LogP contribution in [0.15, 0.2) is 42.9 Å². The number of amides is 1. The summed E-state index contributed by atoms with van der Waals surface area (Å²) in [4.78, 5) is 16.0. The van der Waals surface area contributed by atoms with Gasteiger partial charge in [-0.25, -0.2) is 9.67 Å². The Labute approximate surface area is 136 Å². The van der Waals surface area contributed by atoms with E-state index in [-0.39, 0.29) is 12.5 Å². The fraction of sp³-hybridized carbons (Fsp3) is 0.125. The van der Waals surface area contributed by atoms with Gasteiger partial charge in [-0.1, -0.05) is 0 Å². The average Bonchev–Trinajstić information content (AvgIpc) is 3.24. The molecular formula is C16H15N7O. The van der Waals surface area contributed by atoms with E-state index in [1.54, 1.807) is 28.8 Å². The number of anilines is 1. The molecule has 1 amide bonds. The van der Waals surface area contributed by atoms with Crippen molar-refractivity contribution in [3.05, 3.63) is 42.9 Å². The number of pyridine rings is 1. The molecule has 0 spiro atoms. The van der Waals surface area contributed by atoms with Gasteiger partial charge in [-0.2, -0.15) is 10.2 Å². The quantitative estimate of drug-likeness (QED) is 0.588. The predicted molar refractivity (Wildman–Crippen MR) is 90.6 cm³/mol. The molecule has 0 bridgehead atoms. The molecule has 0 aliphatic heterocycles. The summed E-state index contributed by atoms with van der Waals surface area (Å²) in [5.41, 5.74) is 8.44. The Morgan fingerprint density at radius 1 is 1.33 bits per heavy atom. The van der Waals surface area contributed by atoms with Crippen LogP contribution in [0.2, 0.25) is 0 Å². The van der Waals surface area contributed by atoms with Gasteiger partial charge in [0.15, 0.2) is 0 Å². The number of fused-ring (bicyclic) bond motifs is 3. The number of rotatable bonds is 3. The number of aromatic nitrogens is 5. The van der Waals surface area contributed by atoms with Gasteiger partial charge in [0.25, 0.3) is 0 Å². The van der Waals surface area contributed by atoms with Gasteiger partial charge in [0.1, 0.15) is 17.9 Å². The van der Waals surface area contributed by atoms with Crippen molar-refractivity contribution in [2.24, 2.45) is 0 Å². The molecule has 0 atom stereocenters. The van der Waals surface area contributed by atoms with E-state index >= 15 is 0 Å². The summed E-state index contributed by atoms with van der Waals surface area (Å²) in [6, 6.07) is 7.66. The second-order valence-corrected chi connectivity index (χ2v) is 5.41. The van der Waals surface area contributed by atoms with Crippen molar-refractivity contribution >= 4 is 33.5 Å². The fourth-order valence-electron chi connectivity index (χ4n) is 2.68. The number of hydrogen-bond acceptors (Lipinski definition) is 5. The highest BCUT2D eigenvalue weighted by Gasteiger charge is 2.13. The highest BCUT2D eigenvalue weighted by molar-refractivity contribution is 6.07. The molecule has 0 radical (unpaired) electrons. The van der Waals surface area contributed by atoms with E-state index in [2.05, 4.69) is 20.5 Å². The van der Waals surface area contributed by atoms with Crippen molar-refractivity contribution in [2.75, 3.05) is 12.8 Å². The maximum atomic E-state index is 11.6. The van der Waals surface area contributed by atoms with Gasteiger partial charge in [-0.05, 0) is 24.3 Å². The number of hydrogen-bond donors (Lipinski definition) is 2. The number of benzene rings is 1. The molecule has 4 aromatic rings. The summed E-state index contributed by atoms with van der Waals surface area (Å²) in [6.45, 7) is 0.136. The second kappa shape index (κ2) is 5.34. The molecule has 24 heavy (non-hydrogen) atoms. The van der Waals surface area contributed by atoms with Crippen molar-refractivity contribution in [1.29, 1.82) is 0 Å². The van der Waals surface area contributed by atoms with Crippen LogP contribution in [0.1, 0.15) is 0 Å². The first kappa shape index (κ1) is 14.2. The summed E-state index contributed by atoms with van der Waals surface area (Å²) >= 11 is 0. The van der Waals surface area contributed by atoms with Crippen LogP contribution in [0.4, 0.5) is 5.82 Å². The maximum absolute atomic E-state index is 11.6. The average molecular weight is 321 g/mol. The molecule has 0 unspecified atom stereocenters. The smallest absolute Gasteiger partial charge is 0.241 e. The topological polar surface area (TPSA) is 104 Å². The minimum atomic E-state index is -0.125. The Balaban J connectivity index is 1.89. The molecule has 0 saturated heterocycles. The molecule has 0 fully saturated rings. The first-order valence-corrected chi connectivity index (χ1v) is 7.42. The monoisotopic (exact) mass is 321 g/mol. The third kappa shape index (κ3) is 2.24. The maximum Gasteiger partial charge on any atom is 0.241 e. The lowest BCUT2D eigenvalue weighted by molar-refractivity contribution is -0.121. The molecule has 4 rings (SSSR count). The van der Waals surface area contributed by atoms with Crippen LogP contribution in [0.5, 0.6) is 0 Å². The molecule has 120 valence electrons. The van der Waals surface area contributed by atoms with E-state index in [9.17, 15) is 4.79 Å². The molecule has 0 aliphatic rings. The van der Waals surface area contributed by atoms with Gasteiger partial charge in [0.2, 0.25) is 5.91 Å². The normalized spacial score (nSPS) is 11.2. The first-order valence-electron chi connectivity index (χ1n) is 7.42. The van der Waals surface area contributed by atoms with E-state index in [0.29, 0.717) is 5.82 Å². The summed E-state index contributed by atoms with van der Waals surface area (Å²) in [5, 5.41) is 12.9. The standard InChI is InChI=1S/C16H15N7O/c1-18-14(24)9-22-8-12-15(21-22)11-4-3-10(23-6-2-5-19-23)7-13(11)20-16(12)17/h2-8H,9H2,1H3,(H2,17,20)(H,18,24). The van der Waals surface area contributed by atoms with E-state index in [1.807, 2.05) is 30.5 Å². The van der Waals surface area contributed by atoms with Gasteiger partial charge in [0, 0.05) is 31.0 Å². The molecule has 1 aromatic carbocycles. The number of nitrogens with one attached hydrogen (secondary N) is 1. The van der Waals surface area contributed by atoms with Crippen LogP contribution < -0.4 is 11.1 Å². The minimum absolute atomic E-state index is 0.125. The molecule has 3 N–H and O–H groups in total. The molecule has 3 aromatic heterocycles. The molecular weight excluding hydrogens is 306 g/mol. The summed E-state index contributed by atoms with van der Waals surface area (Å²) < 4.78 is 3.33. The SMILES string of the molecule is CNC(=O)Cn1cc2c(N)nc3cc(-n4cccn4)ccc3c2n1. The van der Waals surface area contributed by atoms with Crippen LogP contribution in [0.25, 0.3) is 27.5 Å². The zero-order valence-corrected chi connectivity index (χ0v) is 13.0. The van der Waals surface area contributed by atoms with E-state index in [0.717, 1.165) is 27.5 Å². The van der Waals surface area contributed by atoms with Gasteiger partial charge < -0.3 is 11.1 Å². The minimum Gasteiger partial charge on any atom is -0.383 e. The zero-order valence-electron chi connectivity index (χ0n) is 13.0. The van der Waals surface area contributed by atoms with Crippen LogP contribution in [0.3, 0.4) is 0 Å². The van der Waals surface area contributed by atoms with Gasteiger partial charge in [-0.15, -0.1) is 0 Å². The predicted octanol–water partition coefficient (Wildman–Crippen LogP) is 1.10. The van der Waals surface area contributed by atoms with E-state index in [4.69, 9.17) is 5.73 Å². The Morgan fingerprint density at radius 2 is 2.21 bits per heavy atom. The van der Waals surface area contributed by atoms with Crippen molar-refractivity contribution in [1.82, 2.24) is 29.9 Å². The van der Waals surface area contributed by atoms with Crippen molar-refractivity contribution in [3.8, 4) is 5.69 Å². The largest absolute Gasteiger partial charge is 0.383 e. The molecule has 8 nitrogen and oxygen atoms in total. The Hall–Kier alpha value is -3.42. The summed E-state index contributed by atoms with van der Waals surface area (Å²) in [7, 11) is 1.59. The van der Waals surface area contributed by atoms with Crippen LogP contribution in [-0.2, 0) is 11.3 Å². The second-order valence-electron chi connectivity index (χ2n) is 5.41. The number of likely N-dealkylation sites (N-methyl/N-ethyl adjacent to an activating group) is 1. The third-order valence-electron chi connectivity index (χ3n) is 3.87. The molecule has 3 heterocycles. The van der Waals surface area contributed by atoms with Crippen LogP contribution in [0, 0.1) is 0 Å². The van der Waals surface area contributed by atoms with E-state index < -0.39 is 0 Å². The zero-order chi connectivity index (χ0) is 16.7. The lowest BCUT2D eigenvalue weighted by Crippen LogP contribution is -2.23. The summed E-state index contributed by atoms with van der Waals surface area (Å²) in [5.74, 6) is 0.262. The number of nitrogen functional groups attached to an aromatic ring is 1. The Kier molecular flexibility index (Phi) is 3.16. The van der Waals surface area contributed by atoms with Crippen molar-refractivity contribution < 1.29 is 4.79 Å². The van der Waals surface area contributed by atoms with Crippen LogP contribution in [-0.4, -0.2) is 37.5 Å². The first-order chi connectivity index (χ1) is 11.7. The number of nitrogens with two attached hydrogens (primary N) is 1. The lowest BCUT2D eigenvalue weighted by Gasteiger charge is -2.05. The van der Waals surface area contributed by atoms with Gasteiger partial charge in [-0.3, -0.25) is 9.48 Å². The van der Waals surface area contributed by atoms with Gasteiger partial charge in [0.05, 0.1) is 16.6 Å². The fourth-order valence-corrected chi connectivity index (χ4v) is 2.68. The number of nitrogens with zero attached hydrogens (tertiary/aromatic N) is 5. The summed E-state index contributed by atoms with van der Waals surface area (Å²) in [6.07, 6.45) is 5.32. The number of carbonyl (C=O) groups excluding carboxylic acids is 1. The van der Waals surface area contributed by atoms with Crippen molar-refractivity contribution in [3.63, 3.8) is 0 Å². The highest BCUT2D eigenvalue weighted by Crippen LogP contribution is 2.28. The Morgan fingerprint density at radius 3 is 2.96 bits per heavy atom.